The molecule has 2 N–H and O–H groups in total. The zero-order valence-corrected chi connectivity index (χ0v) is 12.8. The molecule has 2 unspecified atom stereocenters. The number of likely N-dealkylation sites (tertiary alicyclic amines) is 1. The zero-order chi connectivity index (χ0) is 14.5. The molecule has 1 fully saturated rings. The van der Waals surface area contributed by atoms with Crippen LogP contribution in [-0.4, -0.2) is 39.3 Å². The molecule has 1 aliphatic heterocycles. The first-order chi connectivity index (χ1) is 9.72. The van der Waals surface area contributed by atoms with Crippen molar-refractivity contribution in [3.05, 3.63) is 23.8 Å². The fourth-order valence-corrected chi connectivity index (χ4v) is 3.31. The third-order valence-electron chi connectivity index (χ3n) is 4.31. The van der Waals surface area contributed by atoms with Gasteiger partial charge in [-0.2, -0.15) is 0 Å². The van der Waals surface area contributed by atoms with Crippen molar-refractivity contribution < 1.29 is 9.47 Å². The quantitative estimate of drug-likeness (QED) is 0.919. The van der Waals surface area contributed by atoms with Gasteiger partial charge in [0.25, 0.3) is 0 Å². The number of nitrogens with zero attached hydrogens (tertiary/aromatic N) is 1. The predicted molar refractivity (Wildman–Crippen MR) is 81.3 cm³/mol. The number of rotatable bonds is 4. The summed E-state index contributed by atoms with van der Waals surface area (Å²) >= 11 is 0. The smallest absolute Gasteiger partial charge is 0.165 e. The molecule has 1 saturated heterocycles. The molecule has 2 atom stereocenters. The molecule has 0 bridgehead atoms. The molecule has 1 aliphatic rings. The lowest BCUT2D eigenvalue weighted by Crippen LogP contribution is -2.33. The van der Waals surface area contributed by atoms with E-state index in [0.717, 1.165) is 18.0 Å². The number of hydrogen-bond acceptors (Lipinski definition) is 4. The van der Waals surface area contributed by atoms with Crippen molar-refractivity contribution in [3.8, 4) is 11.5 Å². The number of hydrogen-bond donors (Lipinski definition) is 1. The van der Waals surface area contributed by atoms with Gasteiger partial charge >= 0.3 is 0 Å². The van der Waals surface area contributed by atoms with Gasteiger partial charge < -0.3 is 15.2 Å². The van der Waals surface area contributed by atoms with Crippen LogP contribution in [0.2, 0.25) is 0 Å². The Morgan fingerprint density at radius 2 is 2.05 bits per heavy atom. The maximum Gasteiger partial charge on any atom is 0.165 e. The standard InChI is InChI=1S/C16H26N2O2/c1-18-10-5-4-7-12(11-17)15(18)13-8-6-9-14(19-2)16(13)20-3/h6,8-9,12,15H,4-5,7,10-11,17H2,1-3H3. The molecule has 0 radical (unpaired) electrons. The number of methoxy groups -OCH3 is 2. The summed E-state index contributed by atoms with van der Waals surface area (Å²) in [4.78, 5) is 2.40. The predicted octanol–water partition coefficient (Wildman–Crippen LogP) is 2.44. The van der Waals surface area contributed by atoms with Gasteiger partial charge in [-0.3, -0.25) is 4.90 Å². The SMILES string of the molecule is COc1cccc(C2C(CN)CCCCN2C)c1OC. The maximum atomic E-state index is 6.03. The number of para-hydroxylation sites is 1. The monoisotopic (exact) mass is 278 g/mol. The Morgan fingerprint density at radius 3 is 2.70 bits per heavy atom. The van der Waals surface area contributed by atoms with E-state index in [-0.39, 0.29) is 0 Å². The second-order valence-electron chi connectivity index (χ2n) is 5.50. The summed E-state index contributed by atoms with van der Waals surface area (Å²) in [5, 5.41) is 0. The Labute approximate surface area is 121 Å². The average Bonchev–Trinajstić information content (AvgIpc) is 2.67. The molecule has 0 amide bonds. The number of nitrogens with two attached hydrogens (primary N) is 1. The van der Waals surface area contributed by atoms with Crippen LogP contribution in [0.25, 0.3) is 0 Å². The summed E-state index contributed by atoms with van der Waals surface area (Å²) in [6.45, 7) is 1.80. The van der Waals surface area contributed by atoms with Crippen molar-refractivity contribution in [1.29, 1.82) is 0 Å². The van der Waals surface area contributed by atoms with Gasteiger partial charge in [-0.25, -0.2) is 0 Å². The molecule has 1 aromatic rings. The Bertz CT molecular complexity index is 436. The van der Waals surface area contributed by atoms with E-state index in [0.29, 0.717) is 18.5 Å². The topological polar surface area (TPSA) is 47.7 Å². The largest absolute Gasteiger partial charge is 0.493 e. The Kier molecular flexibility index (Phi) is 5.26. The van der Waals surface area contributed by atoms with E-state index in [9.17, 15) is 0 Å². The third kappa shape index (κ3) is 2.91. The van der Waals surface area contributed by atoms with Crippen molar-refractivity contribution in [2.45, 2.75) is 25.3 Å². The summed E-state index contributed by atoms with van der Waals surface area (Å²) in [7, 11) is 5.56. The van der Waals surface area contributed by atoms with Gasteiger partial charge in [-0.1, -0.05) is 18.6 Å². The van der Waals surface area contributed by atoms with Crippen LogP contribution in [0.5, 0.6) is 11.5 Å². The van der Waals surface area contributed by atoms with Gasteiger partial charge in [-0.05, 0) is 45.0 Å². The number of benzene rings is 1. The van der Waals surface area contributed by atoms with Gasteiger partial charge in [0.1, 0.15) is 0 Å². The molecular weight excluding hydrogens is 252 g/mol. The molecular formula is C16H26N2O2. The third-order valence-corrected chi connectivity index (χ3v) is 4.31. The van der Waals surface area contributed by atoms with E-state index in [2.05, 4.69) is 18.0 Å². The van der Waals surface area contributed by atoms with Gasteiger partial charge in [0, 0.05) is 11.6 Å². The molecule has 1 heterocycles. The Hall–Kier alpha value is -1.26. The van der Waals surface area contributed by atoms with Crippen LogP contribution in [0.1, 0.15) is 30.9 Å². The lowest BCUT2D eigenvalue weighted by atomic mass is 9.88. The molecule has 4 nitrogen and oxygen atoms in total. The van der Waals surface area contributed by atoms with E-state index in [1.165, 1.54) is 24.8 Å². The minimum Gasteiger partial charge on any atom is -0.493 e. The van der Waals surface area contributed by atoms with Gasteiger partial charge in [0.05, 0.1) is 14.2 Å². The lowest BCUT2D eigenvalue weighted by molar-refractivity contribution is 0.190. The molecule has 0 aliphatic carbocycles. The minimum atomic E-state index is 0.299. The number of ether oxygens (including phenoxy) is 2. The van der Waals surface area contributed by atoms with E-state index in [1.54, 1.807) is 14.2 Å². The van der Waals surface area contributed by atoms with Crippen LogP contribution in [0.15, 0.2) is 18.2 Å². The second kappa shape index (κ2) is 6.95. The maximum absolute atomic E-state index is 6.03. The fourth-order valence-electron chi connectivity index (χ4n) is 3.31. The molecule has 0 spiro atoms. The molecule has 0 saturated carbocycles. The van der Waals surface area contributed by atoms with Crippen molar-refractivity contribution in [3.63, 3.8) is 0 Å². The lowest BCUT2D eigenvalue weighted by Gasteiger charge is -2.33. The van der Waals surface area contributed by atoms with E-state index in [4.69, 9.17) is 15.2 Å². The highest BCUT2D eigenvalue weighted by Crippen LogP contribution is 2.41. The van der Waals surface area contributed by atoms with Crippen LogP contribution in [0.4, 0.5) is 0 Å². The summed E-state index contributed by atoms with van der Waals surface area (Å²) in [5.41, 5.74) is 7.21. The van der Waals surface area contributed by atoms with Crippen molar-refractivity contribution in [2.75, 3.05) is 34.4 Å². The van der Waals surface area contributed by atoms with Gasteiger partial charge in [0.2, 0.25) is 0 Å². The molecule has 112 valence electrons. The van der Waals surface area contributed by atoms with Crippen LogP contribution < -0.4 is 15.2 Å². The molecule has 1 aromatic carbocycles. The van der Waals surface area contributed by atoms with Crippen molar-refractivity contribution >= 4 is 0 Å². The van der Waals surface area contributed by atoms with Crippen LogP contribution in [-0.2, 0) is 0 Å². The zero-order valence-electron chi connectivity index (χ0n) is 12.8. The molecule has 4 heteroatoms. The second-order valence-corrected chi connectivity index (χ2v) is 5.50. The first-order valence-electron chi connectivity index (χ1n) is 7.34. The first kappa shape index (κ1) is 15.1. The summed E-state index contributed by atoms with van der Waals surface area (Å²) in [6.07, 6.45) is 3.65. The summed E-state index contributed by atoms with van der Waals surface area (Å²) < 4.78 is 11.0. The van der Waals surface area contributed by atoms with Gasteiger partial charge in [0.15, 0.2) is 11.5 Å². The van der Waals surface area contributed by atoms with E-state index in [1.807, 2.05) is 12.1 Å². The van der Waals surface area contributed by atoms with Crippen molar-refractivity contribution in [2.24, 2.45) is 11.7 Å². The van der Waals surface area contributed by atoms with Gasteiger partial charge in [-0.15, -0.1) is 0 Å². The van der Waals surface area contributed by atoms with E-state index < -0.39 is 0 Å². The molecule has 0 aromatic heterocycles. The van der Waals surface area contributed by atoms with Crippen molar-refractivity contribution in [1.82, 2.24) is 4.90 Å². The summed E-state index contributed by atoms with van der Waals surface area (Å²) in [5.74, 6) is 2.09. The highest BCUT2D eigenvalue weighted by Gasteiger charge is 2.31. The molecule has 2 rings (SSSR count). The average molecular weight is 278 g/mol. The Balaban J connectivity index is 2.45. The Morgan fingerprint density at radius 1 is 1.25 bits per heavy atom. The molecule has 20 heavy (non-hydrogen) atoms. The first-order valence-corrected chi connectivity index (χ1v) is 7.34. The van der Waals surface area contributed by atoms with Crippen LogP contribution >= 0.6 is 0 Å². The normalized spacial score (nSPS) is 24.2. The fraction of sp³-hybridized carbons (Fsp3) is 0.625. The summed E-state index contributed by atoms with van der Waals surface area (Å²) in [6, 6.07) is 6.41. The van der Waals surface area contributed by atoms with Crippen LogP contribution in [0, 0.1) is 5.92 Å². The van der Waals surface area contributed by atoms with E-state index >= 15 is 0 Å². The van der Waals surface area contributed by atoms with Crippen LogP contribution in [0.3, 0.4) is 0 Å². The minimum absolute atomic E-state index is 0.299. The highest BCUT2D eigenvalue weighted by molar-refractivity contribution is 5.48. The highest BCUT2D eigenvalue weighted by atomic mass is 16.5.